The van der Waals surface area contributed by atoms with Crippen LogP contribution in [0.4, 0.5) is 0 Å². The van der Waals surface area contributed by atoms with E-state index in [2.05, 4.69) is 0 Å². The van der Waals surface area contributed by atoms with Gasteiger partial charge in [-0.05, 0) is 0 Å². The van der Waals surface area contributed by atoms with Crippen molar-refractivity contribution in [1.29, 1.82) is 5.26 Å². The molecule has 1 N–H and O–H groups in total. The minimum absolute atomic E-state index is 0. The van der Waals surface area contributed by atoms with E-state index in [1.165, 1.54) is 0 Å². The van der Waals surface area contributed by atoms with E-state index >= 15 is 0 Å². The fourth-order valence-electron chi connectivity index (χ4n) is 0. The van der Waals surface area contributed by atoms with Gasteiger partial charge in [-0.3, -0.25) is 0 Å². The van der Waals surface area contributed by atoms with Crippen molar-refractivity contribution in [3.05, 3.63) is 0 Å². The maximum Gasteiger partial charge on any atom is 1.00 e. The number of hydrogen-bond donors (Lipinski definition) is 0. The summed E-state index contributed by atoms with van der Waals surface area (Å²) < 4.78 is 1.94. The Morgan fingerprint density at radius 1 is 1.60 bits per heavy atom. The monoisotopic (exact) mass is 121 g/mol. The summed E-state index contributed by atoms with van der Waals surface area (Å²) in [5.41, 5.74) is 0. The smallest absolute Gasteiger partial charge is 0.870 e. The topological polar surface area (TPSA) is 53.8 Å². The second-order valence-corrected chi connectivity index (χ2v) is 0.922. The zero-order valence-electron chi connectivity index (χ0n) is 3.39. The van der Waals surface area contributed by atoms with Crippen molar-refractivity contribution in [2.45, 2.75) is 0 Å². The van der Waals surface area contributed by atoms with Crippen molar-refractivity contribution in [3.8, 4) is 0.164 Å². The van der Waals surface area contributed by atoms with Gasteiger partial charge in [0.05, 0.1) is 0 Å². The second-order valence-electron chi connectivity index (χ2n) is 0.224. The van der Waals surface area contributed by atoms with Crippen molar-refractivity contribution in [3.63, 3.8) is 0 Å². The molecule has 0 spiro atoms. The Morgan fingerprint density at radius 2 is 1.60 bits per heavy atom. The van der Waals surface area contributed by atoms with Crippen LogP contribution in [0.2, 0.25) is 0 Å². The number of nitriles is 1. The molecule has 5 heavy (non-hydrogen) atoms. The third-order valence-electron chi connectivity index (χ3n) is 0. The molecule has 0 unspecified atom stereocenters. The fourth-order valence-corrected chi connectivity index (χ4v) is 0. The molecule has 0 radical (unpaired) electrons. The summed E-state index contributed by atoms with van der Waals surface area (Å²) in [5, 5.41) is 7.40. The first-order chi connectivity index (χ1) is 1.41. The van der Waals surface area contributed by atoms with E-state index in [-0.39, 0.29) is 56.9 Å². The Kier molecular flexibility index (Phi) is 49.7. The molecule has 0 saturated carbocycles. The predicted molar refractivity (Wildman–Crippen MR) is 13.3 cm³/mol. The summed E-state index contributed by atoms with van der Waals surface area (Å²) in [4.78, 5) is 0. The zero-order chi connectivity index (χ0) is 2.71. The minimum Gasteiger partial charge on any atom is -0.870 e. The largest absolute Gasteiger partial charge is 1.00 e. The molecule has 0 aliphatic rings. The average molecular weight is 121 g/mol. The van der Waals surface area contributed by atoms with Crippen LogP contribution < -0.4 is 51.4 Å². The molecule has 0 aliphatic heterocycles. The third kappa shape index (κ3) is 20.2. The molecule has 0 saturated heterocycles. The van der Waals surface area contributed by atoms with Crippen LogP contribution >= 0.6 is 0 Å². The predicted octanol–water partition coefficient (Wildman–Crippen LogP) is -3.54. The molecule has 18 valence electrons. The molecule has 0 bridgehead atoms. The quantitative estimate of drug-likeness (QED) is 0.312. The first-order valence-electron chi connectivity index (χ1n) is 0.724. The van der Waals surface area contributed by atoms with Gasteiger partial charge < -0.3 is 5.48 Å². The van der Waals surface area contributed by atoms with Gasteiger partial charge in [-0.25, -0.2) is 0 Å². The molecule has 0 fully saturated rings. The summed E-state index contributed by atoms with van der Waals surface area (Å²) in [6.45, 7) is 0. The van der Waals surface area contributed by atoms with Crippen LogP contribution in [0.3, 0.4) is 0 Å². The average Bonchev–Trinajstić information content (AvgIpc) is 0.918. The van der Waals surface area contributed by atoms with E-state index < -0.39 is 0 Å². The van der Waals surface area contributed by atoms with Crippen LogP contribution in [0.1, 0.15) is 0 Å². The molecule has 0 aliphatic carbocycles. The van der Waals surface area contributed by atoms with Crippen molar-refractivity contribution in [1.82, 2.24) is 0 Å². The molecule has 0 aromatic carbocycles. The van der Waals surface area contributed by atoms with Crippen molar-refractivity contribution < 1.29 is 56.9 Å². The van der Waals surface area contributed by atoms with Crippen LogP contribution in [0, 0.1) is 5.43 Å². The van der Waals surface area contributed by atoms with Crippen LogP contribution in [0.15, 0.2) is 0 Å². The van der Waals surface area contributed by atoms with Gasteiger partial charge in [0.2, 0.25) is 0 Å². The van der Waals surface area contributed by atoms with Gasteiger partial charge in [-0.15, -0.1) is 0 Å². The second kappa shape index (κ2) is 15.9. The molecule has 2 nitrogen and oxygen atoms in total. The van der Waals surface area contributed by atoms with Crippen molar-refractivity contribution >= 4 is 49.0 Å². The first kappa shape index (κ1) is 15.6. The Hall–Kier alpha value is 2.72. The number of nitrogens with zero attached hydrogens (tertiary/aromatic N) is 1. The molecule has 0 atom stereocenters. The third-order valence-corrected chi connectivity index (χ3v) is 0. The van der Waals surface area contributed by atoms with Crippen molar-refractivity contribution in [2.75, 3.05) is 0 Å². The summed E-state index contributed by atoms with van der Waals surface area (Å²) in [7, 11) is 0. The molecular formula is CHK2NO. The van der Waals surface area contributed by atoms with E-state index in [0.717, 1.165) is 0 Å². The van der Waals surface area contributed by atoms with Gasteiger partial charge in [-0.1, -0.05) is 0 Å². The standard InChI is InChI=1S/CN.2K.H2O/c1-2;;;/h;;;1H2/q;;+1;/p-1. The van der Waals surface area contributed by atoms with Gasteiger partial charge in [0.15, 0.2) is 0 Å². The van der Waals surface area contributed by atoms with Gasteiger partial charge in [0.1, 0.15) is 0 Å². The van der Waals surface area contributed by atoms with E-state index in [0.29, 0.717) is 49.0 Å². The molecule has 0 rings (SSSR count). The SMILES string of the molecule is N#[C][K].[K+].[OH-]. The van der Waals surface area contributed by atoms with Gasteiger partial charge in [0.25, 0.3) is 0 Å². The van der Waals surface area contributed by atoms with E-state index in [1.54, 1.807) is 0 Å². The molecule has 0 amide bonds. The van der Waals surface area contributed by atoms with Crippen LogP contribution in [0.5, 0.6) is 0 Å². The van der Waals surface area contributed by atoms with Crippen LogP contribution in [-0.4, -0.2) is 54.4 Å². The summed E-state index contributed by atoms with van der Waals surface area (Å²) in [6, 6.07) is 0. The molecule has 0 aromatic rings. The Labute approximate surface area is 108 Å². The van der Waals surface area contributed by atoms with Gasteiger partial charge in [-0.2, -0.15) is 0 Å². The van der Waals surface area contributed by atoms with Crippen LogP contribution in [-0.2, 0) is 0 Å². The number of rotatable bonds is 0. The molecule has 0 heterocycles. The van der Waals surface area contributed by atoms with E-state index in [4.69, 9.17) is 5.26 Å². The summed E-state index contributed by atoms with van der Waals surface area (Å²) >= 11 is 0.410. The Bertz CT molecular complexity index is 31.1. The van der Waals surface area contributed by atoms with Crippen LogP contribution in [0.25, 0.3) is 0 Å². The molecular weight excluding hydrogens is 120 g/mol. The fraction of sp³-hybridized carbons (Fsp3) is 0. The first-order valence-corrected chi connectivity index (χ1v) is 2.29. The summed E-state index contributed by atoms with van der Waals surface area (Å²) in [6.07, 6.45) is 0. The Morgan fingerprint density at radius 3 is 1.60 bits per heavy atom. The maximum atomic E-state index is 7.40. The number of hydrogen-bond acceptors (Lipinski definition) is 2. The molecule has 0 aromatic heterocycles. The van der Waals surface area contributed by atoms with Crippen molar-refractivity contribution in [2.24, 2.45) is 0 Å². The summed E-state index contributed by atoms with van der Waals surface area (Å²) in [5.74, 6) is 0. The van der Waals surface area contributed by atoms with E-state index in [1.807, 2.05) is 0.164 Å². The van der Waals surface area contributed by atoms with Gasteiger partial charge in [0, 0.05) is 0 Å². The molecule has 4 heteroatoms. The Balaban J connectivity index is -0.0000000200. The normalized spacial score (nSPS) is 1.80. The minimum atomic E-state index is 0. The van der Waals surface area contributed by atoms with Gasteiger partial charge >= 0.3 is 106 Å². The zero-order valence-corrected chi connectivity index (χ0v) is 9.64. The maximum absolute atomic E-state index is 7.40. The van der Waals surface area contributed by atoms with E-state index in [9.17, 15) is 0 Å².